The van der Waals surface area contributed by atoms with Crippen LogP contribution in [0, 0.1) is 0 Å². The number of para-hydroxylation sites is 2. The Balaban J connectivity index is 1.98. The Bertz CT molecular complexity index is 1130. The zero-order chi connectivity index (χ0) is 18.8. The second-order valence-electron chi connectivity index (χ2n) is 6.37. The van der Waals surface area contributed by atoms with Crippen molar-refractivity contribution in [1.82, 2.24) is 4.57 Å². The minimum absolute atomic E-state index is 0.0916. The van der Waals surface area contributed by atoms with E-state index in [1.165, 1.54) is 0 Å². The van der Waals surface area contributed by atoms with E-state index in [9.17, 15) is 4.79 Å². The molecule has 27 heavy (non-hydrogen) atoms. The van der Waals surface area contributed by atoms with Gasteiger partial charge < -0.3 is 4.42 Å². The summed E-state index contributed by atoms with van der Waals surface area (Å²) >= 11 is 3.49. The Hall–Kier alpha value is -2.85. The van der Waals surface area contributed by atoms with Gasteiger partial charge in [0.05, 0.1) is 11.6 Å². The molecule has 0 N–H and O–H groups in total. The highest BCUT2D eigenvalue weighted by molar-refractivity contribution is 9.10. The average molecular weight is 420 g/mol. The molecule has 134 valence electrons. The maximum atomic E-state index is 12.8. The van der Waals surface area contributed by atoms with Crippen LogP contribution < -0.4 is 5.76 Å². The Morgan fingerprint density at radius 3 is 2.26 bits per heavy atom. The van der Waals surface area contributed by atoms with Crippen LogP contribution in [-0.4, -0.2) is 4.57 Å². The maximum absolute atomic E-state index is 12.8. The Kier molecular flexibility index (Phi) is 4.82. The SMILES string of the molecule is C=C[C@H](c1ccccc1)[C@H](c1ccc(Br)cc1)n1c(=O)oc2ccccc21. The van der Waals surface area contributed by atoms with Crippen molar-refractivity contribution in [3.05, 3.63) is 118 Å². The molecule has 4 aromatic rings. The number of benzene rings is 3. The fraction of sp³-hybridized carbons (Fsp3) is 0.0870. The number of aromatic nitrogens is 1. The molecule has 0 bridgehead atoms. The molecule has 0 saturated heterocycles. The van der Waals surface area contributed by atoms with Crippen LogP contribution in [0.25, 0.3) is 11.1 Å². The molecule has 2 atom stereocenters. The van der Waals surface area contributed by atoms with Gasteiger partial charge in [-0.15, -0.1) is 6.58 Å². The van der Waals surface area contributed by atoms with Gasteiger partial charge in [0.15, 0.2) is 5.58 Å². The van der Waals surface area contributed by atoms with Crippen molar-refractivity contribution >= 4 is 27.0 Å². The van der Waals surface area contributed by atoms with E-state index in [4.69, 9.17) is 4.42 Å². The predicted octanol–water partition coefficient (Wildman–Crippen LogP) is 5.92. The number of fused-ring (bicyclic) bond motifs is 1. The first-order chi connectivity index (χ1) is 13.2. The van der Waals surface area contributed by atoms with E-state index >= 15 is 0 Å². The smallest absolute Gasteiger partial charge is 0.408 e. The lowest BCUT2D eigenvalue weighted by atomic mass is 9.86. The van der Waals surface area contributed by atoms with E-state index in [0.717, 1.165) is 21.1 Å². The highest BCUT2D eigenvalue weighted by atomic mass is 79.9. The lowest BCUT2D eigenvalue weighted by Crippen LogP contribution is -2.26. The first kappa shape index (κ1) is 17.6. The number of oxazole rings is 1. The maximum Gasteiger partial charge on any atom is 0.420 e. The van der Waals surface area contributed by atoms with Gasteiger partial charge in [-0.05, 0) is 35.4 Å². The molecule has 0 fully saturated rings. The predicted molar refractivity (Wildman–Crippen MR) is 112 cm³/mol. The van der Waals surface area contributed by atoms with Gasteiger partial charge in [0.1, 0.15) is 0 Å². The van der Waals surface area contributed by atoms with Crippen molar-refractivity contribution in [2.75, 3.05) is 0 Å². The third kappa shape index (κ3) is 3.28. The highest BCUT2D eigenvalue weighted by Gasteiger charge is 2.28. The molecule has 1 heterocycles. The van der Waals surface area contributed by atoms with Crippen LogP contribution in [0.3, 0.4) is 0 Å². The van der Waals surface area contributed by atoms with Gasteiger partial charge >= 0.3 is 5.76 Å². The Labute approximate surface area is 165 Å². The summed E-state index contributed by atoms with van der Waals surface area (Å²) in [5, 5.41) is 0. The number of nitrogens with zero attached hydrogens (tertiary/aromatic N) is 1. The summed E-state index contributed by atoms with van der Waals surface area (Å²) in [7, 11) is 0. The topological polar surface area (TPSA) is 35.1 Å². The molecule has 0 aliphatic rings. The number of halogens is 1. The molecule has 0 saturated carbocycles. The standard InChI is InChI=1S/C23H18BrNO2/c1-2-19(16-8-4-3-5-9-16)22(17-12-14-18(24)15-13-17)25-20-10-6-7-11-21(20)27-23(25)26/h2-15,19,22H,1H2/t19-,22+/m1/s1. The van der Waals surface area contributed by atoms with E-state index in [1.807, 2.05) is 72.8 Å². The molecule has 0 amide bonds. The number of hydrogen-bond acceptors (Lipinski definition) is 2. The Morgan fingerprint density at radius 1 is 0.889 bits per heavy atom. The number of rotatable bonds is 5. The van der Waals surface area contributed by atoms with E-state index in [2.05, 4.69) is 34.6 Å². The molecule has 0 aliphatic carbocycles. The van der Waals surface area contributed by atoms with Crippen molar-refractivity contribution in [2.24, 2.45) is 0 Å². The van der Waals surface area contributed by atoms with Gasteiger partial charge in [-0.2, -0.15) is 0 Å². The average Bonchev–Trinajstić information content (AvgIpc) is 3.03. The minimum Gasteiger partial charge on any atom is -0.408 e. The van der Waals surface area contributed by atoms with E-state index in [0.29, 0.717) is 5.58 Å². The zero-order valence-electron chi connectivity index (χ0n) is 14.6. The van der Waals surface area contributed by atoms with Crippen LogP contribution in [0.5, 0.6) is 0 Å². The van der Waals surface area contributed by atoms with Crippen molar-refractivity contribution in [1.29, 1.82) is 0 Å². The van der Waals surface area contributed by atoms with Gasteiger partial charge in [-0.25, -0.2) is 4.79 Å². The fourth-order valence-corrected chi connectivity index (χ4v) is 3.81. The quantitative estimate of drug-likeness (QED) is 0.376. The number of hydrogen-bond donors (Lipinski definition) is 0. The molecule has 0 aliphatic heterocycles. The van der Waals surface area contributed by atoms with E-state index in [-0.39, 0.29) is 17.7 Å². The highest BCUT2D eigenvalue weighted by Crippen LogP contribution is 2.37. The summed E-state index contributed by atoms with van der Waals surface area (Å²) in [5.41, 5.74) is 3.47. The molecule has 0 spiro atoms. The van der Waals surface area contributed by atoms with E-state index < -0.39 is 0 Å². The molecular weight excluding hydrogens is 402 g/mol. The third-order valence-electron chi connectivity index (χ3n) is 4.79. The molecule has 1 aromatic heterocycles. The summed E-state index contributed by atoms with van der Waals surface area (Å²) in [6, 6.07) is 25.4. The fourth-order valence-electron chi connectivity index (χ4n) is 3.55. The third-order valence-corrected chi connectivity index (χ3v) is 5.32. The van der Waals surface area contributed by atoms with Crippen LogP contribution >= 0.6 is 15.9 Å². The van der Waals surface area contributed by atoms with Gasteiger partial charge in [0, 0.05) is 10.4 Å². The summed E-state index contributed by atoms with van der Waals surface area (Å²) in [4.78, 5) is 12.8. The number of allylic oxidation sites excluding steroid dienone is 1. The van der Waals surface area contributed by atoms with Crippen molar-refractivity contribution in [3.63, 3.8) is 0 Å². The largest absolute Gasteiger partial charge is 0.420 e. The molecule has 3 aromatic carbocycles. The van der Waals surface area contributed by atoms with E-state index in [1.54, 1.807) is 4.57 Å². The summed E-state index contributed by atoms with van der Waals surface area (Å²) in [6.45, 7) is 4.07. The second-order valence-corrected chi connectivity index (χ2v) is 7.29. The first-order valence-corrected chi connectivity index (χ1v) is 9.51. The van der Waals surface area contributed by atoms with Crippen LogP contribution in [0.4, 0.5) is 0 Å². The lowest BCUT2D eigenvalue weighted by Gasteiger charge is -2.26. The molecule has 3 nitrogen and oxygen atoms in total. The molecule has 4 heteroatoms. The summed E-state index contributed by atoms with van der Waals surface area (Å²) in [5.74, 6) is -0.460. The van der Waals surface area contributed by atoms with Crippen LogP contribution in [0.15, 0.2) is 105 Å². The van der Waals surface area contributed by atoms with Crippen LogP contribution in [-0.2, 0) is 0 Å². The van der Waals surface area contributed by atoms with Crippen LogP contribution in [0.2, 0.25) is 0 Å². The molecular formula is C23H18BrNO2. The minimum atomic E-state index is -0.369. The van der Waals surface area contributed by atoms with Crippen molar-refractivity contribution in [3.8, 4) is 0 Å². The summed E-state index contributed by atoms with van der Waals surface area (Å²) in [6.07, 6.45) is 1.90. The van der Waals surface area contributed by atoms with Crippen molar-refractivity contribution < 1.29 is 4.42 Å². The van der Waals surface area contributed by atoms with Gasteiger partial charge in [0.2, 0.25) is 0 Å². The Morgan fingerprint density at radius 2 is 1.56 bits per heavy atom. The molecule has 4 rings (SSSR count). The van der Waals surface area contributed by atoms with Gasteiger partial charge in [0.25, 0.3) is 0 Å². The van der Waals surface area contributed by atoms with Crippen LogP contribution in [0.1, 0.15) is 23.1 Å². The summed E-state index contributed by atoms with van der Waals surface area (Å²) < 4.78 is 8.24. The van der Waals surface area contributed by atoms with Gasteiger partial charge in [-0.3, -0.25) is 4.57 Å². The zero-order valence-corrected chi connectivity index (χ0v) is 16.2. The second kappa shape index (κ2) is 7.41. The monoisotopic (exact) mass is 419 g/mol. The van der Waals surface area contributed by atoms with Gasteiger partial charge in [-0.1, -0.05) is 76.6 Å². The first-order valence-electron chi connectivity index (χ1n) is 8.72. The lowest BCUT2D eigenvalue weighted by molar-refractivity contribution is 0.455. The molecule has 0 unspecified atom stereocenters. The normalized spacial score (nSPS) is 13.4. The van der Waals surface area contributed by atoms with Crippen molar-refractivity contribution in [2.45, 2.75) is 12.0 Å². The molecule has 0 radical (unpaired) electrons.